The van der Waals surface area contributed by atoms with Gasteiger partial charge < -0.3 is 14.6 Å². The molecule has 1 aliphatic heterocycles. The molecule has 0 amide bonds. The molecule has 1 N–H and O–H groups in total. The highest BCUT2D eigenvalue weighted by Crippen LogP contribution is 2.32. The van der Waals surface area contributed by atoms with Crippen molar-refractivity contribution in [1.29, 1.82) is 0 Å². The van der Waals surface area contributed by atoms with E-state index in [9.17, 15) is 4.79 Å². The number of likely N-dealkylation sites (tertiary alicyclic amines) is 1. The summed E-state index contributed by atoms with van der Waals surface area (Å²) in [4.78, 5) is 18.4. The molecule has 29 heavy (non-hydrogen) atoms. The highest BCUT2D eigenvalue weighted by atomic mass is 16.5. The van der Waals surface area contributed by atoms with E-state index in [-0.39, 0.29) is 5.56 Å². The normalized spacial score (nSPS) is 14.8. The van der Waals surface area contributed by atoms with E-state index in [4.69, 9.17) is 4.74 Å². The van der Waals surface area contributed by atoms with Crippen molar-refractivity contribution in [2.75, 3.05) is 20.1 Å². The number of aromatic nitrogens is 2. The molecule has 5 rings (SSSR count). The van der Waals surface area contributed by atoms with Gasteiger partial charge in [0.05, 0.1) is 5.69 Å². The second-order valence-electron chi connectivity index (χ2n) is 7.74. The van der Waals surface area contributed by atoms with Gasteiger partial charge in [-0.05, 0) is 36.4 Å². The van der Waals surface area contributed by atoms with E-state index in [0.717, 1.165) is 29.9 Å². The van der Waals surface area contributed by atoms with Crippen LogP contribution in [0.1, 0.15) is 17.0 Å². The van der Waals surface area contributed by atoms with Gasteiger partial charge in [0.1, 0.15) is 12.4 Å². The lowest BCUT2D eigenvalue weighted by atomic mass is 9.92. The van der Waals surface area contributed by atoms with E-state index in [1.165, 1.54) is 17.0 Å². The van der Waals surface area contributed by atoms with Crippen LogP contribution in [0.2, 0.25) is 0 Å². The minimum absolute atomic E-state index is 0.109. The molecule has 0 atom stereocenters. The number of fused-ring (bicyclic) bond motifs is 1. The predicted octanol–water partition coefficient (Wildman–Crippen LogP) is 3.93. The number of rotatable bonds is 5. The zero-order valence-electron chi connectivity index (χ0n) is 16.3. The van der Waals surface area contributed by atoms with Crippen molar-refractivity contribution in [3.05, 3.63) is 94.5 Å². The van der Waals surface area contributed by atoms with Crippen molar-refractivity contribution >= 4 is 10.9 Å². The molecule has 146 valence electrons. The summed E-state index contributed by atoms with van der Waals surface area (Å²) in [5.74, 6) is 1.16. The largest absolute Gasteiger partial charge is 0.489 e. The van der Waals surface area contributed by atoms with E-state index < -0.39 is 0 Å². The molecule has 1 saturated heterocycles. The van der Waals surface area contributed by atoms with Crippen molar-refractivity contribution in [1.82, 2.24) is 14.5 Å². The third-order valence-electron chi connectivity index (χ3n) is 5.62. The van der Waals surface area contributed by atoms with Gasteiger partial charge in [0.15, 0.2) is 0 Å². The molecule has 0 bridgehead atoms. The molecule has 0 radical (unpaired) electrons. The van der Waals surface area contributed by atoms with Crippen molar-refractivity contribution in [3.8, 4) is 11.4 Å². The van der Waals surface area contributed by atoms with E-state index in [2.05, 4.69) is 29.2 Å². The van der Waals surface area contributed by atoms with Gasteiger partial charge in [0.25, 0.3) is 5.56 Å². The molecule has 1 fully saturated rings. The lowest BCUT2D eigenvalue weighted by molar-refractivity contribution is 0.190. The van der Waals surface area contributed by atoms with Crippen LogP contribution in [0.25, 0.3) is 16.6 Å². The van der Waals surface area contributed by atoms with Gasteiger partial charge in [0.2, 0.25) is 0 Å². The molecule has 0 unspecified atom stereocenters. The second kappa shape index (κ2) is 7.26. The van der Waals surface area contributed by atoms with Gasteiger partial charge in [0, 0.05) is 48.4 Å². The van der Waals surface area contributed by atoms with E-state index in [1.807, 2.05) is 48.5 Å². The van der Waals surface area contributed by atoms with Crippen LogP contribution < -0.4 is 10.3 Å². The smallest absolute Gasteiger partial charge is 0.258 e. The standard InChI is InChI=1S/C24H23N3O2/c1-26-14-18(15-26)22-13-25-23-11-19(7-8-21(22)23)27-10-9-20(12-24(27)28)29-16-17-5-3-2-4-6-17/h2-13,18,25H,14-16H2,1H3. The van der Waals surface area contributed by atoms with Crippen molar-refractivity contribution in [2.24, 2.45) is 0 Å². The fraction of sp³-hybridized carbons (Fsp3) is 0.208. The summed E-state index contributed by atoms with van der Waals surface area (Å²) in [6, 6.07) is 19.5. The maximum atomic E-state index is 12.7. The highest BCUT2D eigenvalue weighted by Gasteiger charge is 2.26. The molecular weight excluding hydrogens is 362 g/mol. The Morgan fingerprint density at radius 2 is 1.90 bits per heavy atom. The summed E-state index contributed by atoms with van der Waals surface area (Å²) in [5, 5.41) is 1.24. The van der Waals surface area contributed by atoms with Gasteiger partial charge >= 0.3 is 0 Å². The van der Waals surface area contributed by atoms with Crippen LogP contribution in [0, 0.1) is 0 Å². The highest BCUT2D eigenvalue weighted by molar-refractivity contribution is 5.85. The molecule has 1 aliphatic rings. The number of nitrogens with zero attached hydrogens (tertiary/aromatic N) is 2. The Labute approximate surface area is 169 Å². The van der Waals surface area contributed by atoms with Crippen LogP contribution in [0.5, 0.6) is 5.75 Å². The SMILES string of the molecule is CN1CC(c2c[nH]c3cc(-n4ccc(OCc5ccccc5)cc4=O)ccc23)C1. The minimum Gasteiger partial charge on any atom is -0.489 e. The maximum Gasteiger partial charge on any atom is 0.258 e. The predicted molar refractivity (Wildman–Crippen MR) is 115 cm³/mol. The quantitative estimate of drug-likeness (QED) is 0.566. The average Bonchev–Trinajstić information content (AvgIpc) is 3.13. The summed E-state index contributed by atoms with van der Waals surface area (Å²) < 4.78 is 7.41. The Bertz CT molecular complexity index is 1200. The molecule has 0 aliphatic carbocycles. The molecule has 2 aromatic carbocycles. The lowest BCUT2D eigenvalue weighted by Crippen LogP contribution is -2.41. The van der Waals surface area contributed by atoms with Gasteiger partial charge in [-0.25, -0.2) is 0 Å². The summed E-state index contributed by atoms with van der Waals surface area (Å²) in [6.07, 6.45) is 3.88. The zero-order chi connectivity index (χ0) is 19.8. The van der Waals surface area contributed by atoms with Crippen LogP contribution in [-0.2, 0) is 6.61 Å². The van der Waals surface area contributed by atoms with Crippen LogP contribution in [-0.4, -0.2) is 34.6 Å². The van der Waals surface area contributed by atoms with Crippen LogP contribution >= 0.6 is 0 Å². The summed E-state index contributed by atoms with van der Waals surface area (Å²) >= 11 is 0. The first kappa shape index (κ1) is 17.8. The van der Waals surface area contributed by atoms with Crippen molar-refractivity contribution < 1.29 is 4.74 Å². The first-order chi connectivity index (χ1) is 14.2. The number of ether oxygens (including phenoxy) is 1. The monoisotopic (exact) mass is 385 g/mol. The Balaban J connectivity index is 1.37. The third-order valence-corrected chi connectivity index (χ3v) is 5.62. The number of benzene rings is 2. The summed E-state index contributed by atoms with van der Waals surface area (Å²) in [7, 11) is 2.14. The molecule has 2 aromatic heterocycles. The zero-order valence-corrected chi connectivity index (χ0v) is 16.3. The van der Waals surface area contributed by atoms with Crippen LogP contribution in [0.15, 0.2) is 77.9 Å². The maximum absolute atomic E-state index is 12.7. The Hall–Kier alpha value is -3.31. The fourth-order valence-corrected chi connectivity index (χ4v) is 4.02. The first-order valence-electron chi connectivity index (χ1n) is 9.87. The van der Waals surface area contributed by atoms with E-state index in [1.54, 1.807) is 10.8 Å². The molecule has 0 saturated carbocycles. The number of likely N-dealkylation sites (N-methyl/N-ethyl adjacent to an activating group) is 1. The van der Waals surface area contributed by atoms with Gasteiger partial charge in [-0.2, -0.15) is 0 Å². The number of H-pyrrole nitrogens is 1. The number of pyridine rings is 1. The molecule has 3 heterocycles. The average molecular weight is 385 g/mol. The van der Waals surface area contributed by atoms with Crippen molar-refractivity contribution in [2.45, 2.75) is 12.5 Å². The van der Waals surface area contributed by atoms with Gasteiger partial charge in [-0.15, -0.1) is 0 Å². The Morgan fingerprint density at radius 1 is 1.07 bits per heavy atom. The number of hydrogen-bond donors (Lipinski definition) is 1. The Kier molecular flexibility index (Phi) is 4.45. The van der Waals surface area contributed by atoms with Crippen LogP contribution in [0.3, 0.4) is 0 Å². The summed E-state index contributed by atoms with van der Waals surface area (Å²) in [5.41, 5.74) is 4.23. The number of aromatic amines is 1. The molecular formula is C24H23N3O2. The van der Waals surface area contributed by atoms with E-state index in [0.29, 0.717) is 18.3 Å². The Morgan fingerprint density at radius 3 is 2.66 bits per heavy atom. The molecule has 0 spiro atoms. The van der Waals surface area contributed by atoms with Crippen LogP contribution in [0.4, 0.5) is 0 Å². The molecule has 5 nitrogen and oxygen atoms in total. The van der Waals surface area contributed by atoms with E-state index >= 15 is 0 Å². The fourth-order valence-electron chi connectivity index (χ4n) is 4.02. The minimum atomic E-state index is -0.109. The topological polar surface area (TPSA) is 50.3 Å². The lowest BCUT2D eigenvalue weighted by Gasteiger charge is -2.36. The number of nitrogens with one attached hydrogen (secondary N) is 1. The third kappa shape index (κ3) is 3.45. The number of hydrogen-bond acceptors (Lipinski definition) is 3. The first-order valence-corrected chi connectivity index (χ1v) is 9.87. The van der Waals surface area contributed by atoms with Gasteiger partial charge in [-0.3, -0.25) is 9.36 Å². The molecule has 5 heteroatoms. The second-order valence-corrected chi connectivity index (χ2v) is 7.74. The van der Waals surface area contributed by atoms with Crippen molar-refractivity contribution in [3.63, 3.8) is 0 Å². The summed E-state index contributed by atoms with van der Waals surface area (Å²) in [6.45, 7) is 2.63. The molecule has 4 aromatic rings. The van der Waals surface area contributed by atoms with Gasteiger partial charge in [-0.1, -0.05) is 36.4 Å².